The Kier molecular flexibility index (Phi) is 5.44. The smallest absolute Gasteiger partial charge is 0.224 e. The van der Waals surface area contributed by atoms with Crippen LogP contribution in [0.25, 0.3) is 0 Å². The van der Waals surface area contributed by atoms with E-state index in [1.807, 2.05) is 29.6 Å². The van der Waals surface area contributed by atoms with Gasteiger partial charge in [-0.15, -0.1) is 0 Å². The Bertz CT molecular complexity index is 853. The maximum absolute atomic E-state index is 12.8. The Morgan fingerprint density at radius 3 is 2.82 bits per heavy atom. The third-order valence-corrected chi connectivity index (χ3v) is 5.97. The Balaban J connectivity index is 1.33. The molecule has 2 aromatic rings. The van der Waals surface area contributed by atoms with Crippen LogP contribution < -0.4 is 5.32 Å². The second-order valence-corrected chi connectivity index (χ2v) is 8.21. The molecule has 1 atom stereocenters. The zero-order valence-electron chi connectivity index (χ0n) is 17.1. The van der Waals surface area contributed by atoms with Crippen molar-refractivity contribution in [1.82, 2.24) is 30.0 Å². The van der Waals surface area contributed by atoms with Gasteiger partial charge in [-0.25, -0.2) is 9.97 Å². The normalized spacial score (nSPS) is 18.8. The molecule has 2 aliphatic heterocycles. The molecule has 0 saturated carbocycles. The largest absolute Gasteiger partial charge is 0.343 e. The Morgan fingerprint density at radius 1 is 1.32 bits per heavy atom. The first kappa shape index (κ1) is 19.1. The number of piperidine rings is 1. The van der Waals surface area contributed by atoms with Crippen LogP contribution in [0.15, 0.2) is 12.3 Å². The molecule has 2 aliphatic rings. The van der Waals surface area contributed by atoms with Crippen molar-refractivity contribution in [2.24, 2.45) is 0 Å². The number of nitrogens with one attached hydrogen (secondary N) is 1. The lowest BCUT2D eigenvalue weighted by molar-refractivity contribution is -0.133. The minimum atomic E-state index is 0.0801. The second kappa shape index (κ2) is 7.99. The highest BCUT2D eigenvalue weighted by Crippen LogP contribution is 2.27. The maximum atomic E-state index is 12.8. The van der Waals surface area contributed by atoms with Crippen molar-refractivity contribution in [3.63, 3.8) is 0 Å². The molecule has 150 valence electrons. The van der Waals surface area contributed by atoms with E-state index in [1.165, 1.54) is 11.3 Å². The molecule has 1 amide bonds. The van der Waals surface area contributed by atoms with Crippen LogP contribution in [0.4, 0.5) is 0 Å². The third kappa shape index (κ3) is 3.94. The Labute approximate surface area is 166 Å². The van der Waals surface area contributed by atoms with Gasteiger partial charge in [-0.3, -0.25) is 9.48 Å². The summed E-state index contributed by atoms with van der Waals surface area (Å²) in [5, 5.41) is 7.88. The molecule has 0 aromatic carbocycles. The number of rotatable bonds is 4. The van der Waals surface area contributed by atoms with Gasteiger partial charge in [0.15, 0.2) is 0 Å². The van der Waals surface area contributed by atoms with E-state index in [4.69, 9.17) is 4.98 Å². The minimum Gasteiger partial charge on any atom is -0.343 e. The predicted molar refractivity (Wildman–Crippen MR) is 107 cm³/mol. The number of likely N-dealkylation sites (tertiary alicyclic amines) is 1. The van der Waals surface area contributed by atoms with Crippen LogP contribution in [0.1, 0.15) is 66.6 Å². The van der Waals surface area contributed by atoms with E-state index in [0.717, 1.165) is 62.7 Å². The summed E-state index contributed by atoms with van der Waals surface area (Å²) in [7, 11) is 0. The predicted octanol–water partition coefficient (Wildman–Crippen LogP) is 2.29. The molecule has 0 aliphatic carbocycles. The van der Waals surface area contributed by atoms with E-state index in [2.05, 4.69) is 28.4 Å². The molecule has 0 radical (unpaired) electrons. The zero-order chi connectivity index (χ0) is 19.7. The molecule has 28 heavy (non-hydrogen) atoms. The van der Waals surface area contributed by atoms with Crippen molar-refractivity contribution in [3.05, 3.63) is 40.7 Å². The topological polar surface area (TPSA) is 75.9 Å². The third-order valence-electron chi connectivity index (χ3n) is 5.97. The quantitative estimate of drug-likeness (QED) is 0.878. The lowest BCUT2D eigenvalue weighted by atomic mass is 9.95. The summed E-state index contributed by atoms with van der Waals surface area (Å²) in [5.41, 5.74) is 4.52. The molecule has 2 aromatic heterocycles. The first-order valence-corrected chi connectivity index (χ1v) is 10.4. The summed E-state index contributed by atoms with van der Waals surface area (Å²) in [6.07, 6.45) is 5.34. The summed E-state index contributed by atoms with van der Waals surface area (Å²) >= 11 is 0. The molecule has 0 spiro atoms. The Hall–Kier alpha value is -2.28. The van der Waals surface area contributed by atoms with E-state index in [1.54, 1.807) is 0 Å². The van der Waals surface area contributed by atoms with Gasteiger partial charge in [-0.1, -0.05) is 0 Å². The number of aryl methyl sites for hydroxylation is 2. The molecule has 7 heteroatoms. The van der Waals surface area contributed by atoms with Gasteiger partial charge < -0.3 is 10.2 Å². The van der Waals surface area contributed by atoms with Crippen molar-refractivity contribution in [3.8, 4) is 0 Å². The van der Waals surface area contributed by atoms with Crippen molar-refractivity contribution in [1.29, 1.82) is 0 Å². The van der Waals surface area contributed by atoms with Gasteiger partial charge >= 0.3 is 0 Å². The standard InChI is InChI=1S/C21H30N6O/c1-14-10-15(2)27(25-14)16(3)11-20(28)26-8-5-17(6-9-26)21-23-13-18-12-22-7-4-19(18)24-21/h10,13,16-17,22H,4-9,11-12H2,1-3H3/t16-/m0/s1. The monoisotopic (exact) mass is 382 g/mol. The summed E-state index contributed by atoms with van der Waals surface area (Å²) in [5.74, 6) is 1.54. The average molecular weight is 383 g/mol. The number of amides is 1. The van der Waals surface area contributed by atoms with Gasteiger partial charge in [0, 0.05) is 68.1 Å². The van der Waals surface area contributed by atoms with E-state index in [0.29, 0.717) is 12.3 Å². The van der Waals surface area contributed by atoms with Crippen molar-refractivity contribution < 1.29 is 4.79 Å². The van der Waals surface area contributed by atoms with Crippen LogP contribution in [0.3, 0.4) is 0 Å². The SMILES string of the molecule is Cc1cc(C)n([C@@H](C)CC(=O)N2CCC(c3ncc4c(n3)CCNC4)CC2)n1. The molecule has 0 unspecified atom stereocenters. The number of hydrogen-bond acceptors (Lipinski definition) is 5. The number of aromatic nitrogens is 4. The average Bonchev–Trinajstić information content (AvgIpc) is 3.06. The number of carbonyl (C=O) groups is 1. The second-order valence-electron chi connectivity index (χ2n) is 8.21. The lowest BCUT2D eigenvalue weighted by Crippen LogP contribution is -2.39. The number of fused-ring (bicyclic) bond motifs is 1. The number of nitrogens with zero attached hydrogens (tertiary/aromatic N) is 5. The summed E-state index contributed by atoms with van der Waals surface area (Å²) in [6.45, 7) is 9.54. The molecular weight excluding hydrogens is 352 g/mol. The Morgan fingerprint density at radius 2 is 2.11 bits per heavy atom. The molecule has 4 heterocycles. The molecule has 1 fully saturated rings. The van der Waals surface area contributed by atoms with E-state index in [9.17, 15) is 4.79 Å². The van der Waals surface area contributed by atoms with Gasteiger partial charge in [-0.05, 0) is 39.7 Å². The minimum absolute atomic E-state index is 0.0801. The van der Waals surface area contributed by atoms with Crippen LogP contribution in [-0.4, -0.2) is 50.2 Å². The fourth-order valence-electron chi connectivity index (χ4n) is 4.40. The molecule has 7 nitrogen and oxygen atoms in total. The van der Waals surface area contributed by atoms with Crippen LogP contribution >= 0.6 is 0 Å². The van der Waals surface area contributed by atoms with Gasteiger partial charge in [0.25, 0.3) is 0 Å². The van der Waals surface area contributed by atoms with Crippen LogP contribution in [-0.2, 0) is 17.8 Å². The van der Waals surface area contributed by atoms with Gasteiger partial charge in [0.1, 0.15) is 5.82 Å². The molecule has 1 N–H and O–H groups in total. The van der Waals surface area contributed by atoms with E-state index < -0.39 is 0 Å². The van der Waals surface area contributed by atoms with Crippen molar-refractivity contribution in [2.45, 2.75) is 65.0 Å². The fraction of sp³-hybridized carbons (Fsp3) is 0.619. The lowest BCUT2D eigenvalue weighted by Gasteiger charge is -2.32. The zero-order valence-corrected chi connectivity index (χ0v) is 17.1. The summed E-state index contributed by atoms with van der Waals surface area (Å²) in [6, 6.07) is 2.14. The highest BCUT2D eigenvalue weighted by Gasteiger charge is 2.27. The highest BCUT2D eigenvalue weighted by atomic mass is 16.2. The molecule has 1 saturated heterocycles. The molecular formula is C21H30N6O. The van der Waals surface area contributed by atoms with Crippen molar-refractivity contribution >= 4 is 5.91 Å². The summed E-state index contributed by atoms with van der Waals surface area (Å²) in [4.78, 5) is 24.2. The van der Waals surface area contributed by atoms with E-state index in [-0.39, 0.29) is 11.9 Å². The molecule has 4 rings (SSSR count). The highest BCUT2D eigenvalue weighted by molar-refractivity contribution is 5.76. The maximum Gasteiger partial charge on any atom is 0.224 e. The molecule has 0 bridgehead atoms. The first-order chi connectivity index (χ1) is 13.5. The van der Waals surface area contributed by atoms with Gasteiger partial charge in [-0.2, -0.15) is 5.10 Å². The van der Waals surface area contributed by atoms with E-state index >= 15 is 0 Å². The number of carbonyl (C=O) groups excluding carboxylic acids is 1. The van der Waals surface area contributed by atoms with Crippen LogP contribution in [0.5, 0.6) is 0 Å². The van der Waals surface area contributed by atoms with Crippen LogP contribution in [0.2, 0.25) is 0 Å². The van der Waals surface area contributed by atoms with Gasteiger partial charge in [0.2, 0.25) is 5.91 Å². The number of hydrogen-bond donors (Lipinski definition) is 1. The van der Waals surface area contributed by atoms with Gasteiger partial charge in [0.05, 0.1) is 11.7 Å². The van der Waals surface area contributed by atoms with Crippen LogP contribution in [0, 0.1) is 13.8 Å². The fourth-order valence-corrected chi connectivity index (χ4v) is 4.40. The summed E-state index contributed by atoms with van der Waals surface area (Å²) < 4.78 is 1.97. The first-order valence-electron chi connectivity index (χ1n) is 10.4. The van der Waals surface area contributed by atoms with Crippen molar-refractivity contribution in [2.75, 3.05) is 19.6 Å².